The van der Waals surface area contributed by atoms with E-state index in [1.165, 1.54) is 0 Å². The van der Waals surface area contributed by atoms with Crippen LogP contribution in [0.25, 0.3) is 0 Å². The van der Waals surface area contributed by atoms with Crippen molar-refractivity contribution in [3.63, 3.8) is 0 Å². The van der Waals surface area contributed by atoms with Crippen molar-refractivity contribution in [2.45, 2.75) is 32.7 Å². The van der Waals surface area contributed by atoms with Gasteiger partial charge < -0.3 is 14.8 Å². The van der Waals surface area contributed by atoms with Gasteiger partial charge in [0, 0.05) is 31.7 Å². The Morgan fingerprint density at radius 1 is 1.24 bits per heavy atom. The minimum Gasteiger partial charge on any atom is -0.478 e. The van der Waals surface area contributed by atoms with Crippen molar-refractivity contribution in [2.75, 3.05) is 25.6 Å². The number of pyridine rings is 1. The molecule has 0 aliphatic heterocycles. The molecule has 0 aliphatic rings. The van der Waals surface area contributed by atoms with Gasteiger partial charge in [-0.1, -0.05) is 6.07 Å². The summed E-state index contributed by atoms with van der Waals surface area (Å²) in [5.74, 6) is 1.48. The topological polar surface area (TPSA) is 43.4 Å². The van der Waals surface area contributed by atoms with Gasteiger partial charge in [0.05, 0.1) is 6.61 Å². The molecule has 1 aromatic heterocycles. The molecule has 0 saturated heterocycles. The highest BCUT2D eigenvalue weighted by Crippen LogP contribution is 2.15. The Balaban J connectivity index is 2.48. The van der Waals surface area contributed by atoms with Crippen molar-refractivity contribution in [1.82, 2.24) is 4.98 Å². The molecule has 0 amide bonds. The van der Waals surface area contributed by atoms with Crippen LogP contribution in [0.2, 0.25) is 0 Å². The lowest BCUT2D eigenvalue weighted by molar-refractivity contribution is 0.170. The zero-order valence-corrected chi connectivity index (χ0v) is 11.1. The van der Waals surface area contributed by atoms with E-state index in [0.717, 1.165) is 12.2 Å². The second-order valence-electron chi connectivity index (χ2n) is 4.93. The van der Waals surface area contributed by atoms with Gasteiger partial charge in [0.15, 0.2) is 0 Å². The molecule has 1 rings (SSSR count). The zero-order valence-electron chi connectivity index (χ0n) is 11.1. The van der Waals surface area contributed by atoms with Gasteiger partial charge >= 0.3 is 0 Å². The Morgan fingerprint density at radius 3 is 2.65 bits per heavy atom. The van der Waals surface area contributed by atoms with E-state index < -0.39 is 0 Å². The van der Waals surface area contributed by atoms with Crippen LogP contribution < -0.4 is 10.1 Å². The minimum atomic E-state index is 0.00166. The monoisotopic (exact) mass is 238 g/mol. The summed E-state index contributed by atoms with van der Waals surface area (Å²) < 4.78 is 10.5. The summed E-state index contributed by atoms with van der Waals surface area (Å²) in [6.07, 6.45) is 0.870. The van der Waals surface area contributed by atoms with Gasteiger partial charge in [-0.2, -0.15) is 4.98 Å². The van der Waals surface area contributed by atoms with E-state index >= 15 is 0 Å². The highest BCUT2D eigenvalue weighted by atomic mass is 16.5. The Labute approximate surface area is 103 Å². The van der Waals surface area contributed by atoms with E-state index in [0.29, 0.717) is 19.1 Å². The average molecular weight is 238 g/mol. The lowest BCUT2D eigenvalue weighted by Crippen LogP contribution is -2.26. The van der Waals surface area contributed by atoms with Crippen molar-refractivity contribution < 1.29 is 9.47 Å². The first-order valence-corrected chi connectivity index (χ1v) is 5.88. The maximum atomic E-state index is 5.53. The normalized spacial score (nSPS) is 11.3. The third-order valence-electron chi connectivity index (χ3n) is 1.97. The number of hydrogen-bond acceptors (Lipinski definition) is 4. The Hall–Kier alpha value is -1.29. The molecule has 0 saturated carbocycles. The van der Waals surface area contributed by atoms with Crippen LogP contribution in [0.4, 0.5) is 5.82 Å². The Bertz CT molecular complexity index is 334. The summed E-state index contributed by atoms with van der Waals surface area (Å²) in [6, 6.07) is 5.74. The first-order valence-electron chi connectivity index (χ1n) is 5.88. The third kappa shape index (κ3) is 6.12. The maximum absolute atomic E-state index is 5.53. The molecule has 0 radical (unpaired) electrons. The number of rotatable bonds is 6. The molecule has 0 bridgehead atoms. The van der Waals surface area contributed by atoms with Crippen molar-refractivity contribution in [2.24, 2.45) is 0 Å². The molecular weight excluding hydrogens is 216 g/mol. The van der Waals surface area contributed by atoms with Gasteiger partial charge in [-0.15, -0.1) is 0 Å². The number of nitrogens with one attached hydrogen (secondary N) is 1. The number of nitrogens with zero attached hydrogens (tertiary/aromatic N) is 1. The van der Waals surface area contributed by atoms with Gasteiger partial charge in [-0.05, 0) is 26.8 Å². The summed E-state index contributed by atoms with van der Waals surface area (Å²) in [5.41, 5.74) is 0.00166. The third-order valence-corrected chi connectivity index (χ3v) is 1.97. The predicted molar refractivity (Wildman–Crippen MR) is 69.6 cm³/mol. The molecule has 96 valence electrons. The van der Waals surface area contributed by atoms with Gasteiger partial charge in [0.1, 0.15) is 5.82 Å². The summed E-state index contributed by atoms with van der Waals surface area (Å²) >= 11 is 0. The highest BCUT2D eigenvalue weighted by molar-refractivity contribution is 5.39. The first-order chi connectivity index (χ1) is 8.01. The Morgan fingerprint density at radius 2 is 2.00 bits per heavy atom. The zero-order chi connectivity index (χ0) is 12.7. The number of ether oxygens (including phenoxy) is 2. The maximum Gasteiger partial charge on any atom is 0.215 e. The molecule has 0 spiro atoms. The van der Waals surface area contributed by atoms with E-state index in [2.05, 4.69) is 31.1 Å². The molecule has 0 aromatic carbocycles. The summed E-state index contributed by atoms with van der Waals surface area (Å²) in [5, 5.41) is 3.31. The van der Waals surface area contributed by atoms with Crippen LogP contribution in [0.3, 0.4) is 0 Å². The molecule has 0 unspecified atom stereocenters. The number of methoxy groups -OCH3 is 1. The van der Waals surface area contributed by atoms with Crippen LogP contribution in [0.5, 0.6) is 5.88 Å². The smallest absolute Gasteiger partial charge is 0.215 e. The molecule has 4 nitrogen and oxygen atoms in total. The minimum absolute atomic E-state index is 0.00166. The van der Waals surface area contributed by atoms with Crippen LogP contribution in [0.1, 0.15) is 27.2 Å². The molecule has 1 N–H and O–H groups in total. The van der Waals surface area contributed by atoms with Gasteiger partial charge in [-0.3, -0.25) is 0 Å². The van der Waals surface area contributed by atoms with Crippen molar-refractivity contribution >= 4 is 5.82 Å². The molecule has 0 atom stereocenters. The fourth-order valence-corrected chi connectivity index (χ4v) is 1.33. The number of aromatic nitrogens is 1. The van der Waals surface area contributed by atoms with Crippen LogP contribution in [-0.2, 0) is 4.74 Å². The number of hydrogen-bond donors (Lipinski definition) is 1. The lowest BCUT2D eigenvalue weighted by atomic mass is 10.1. The summed E-state index contributed by atoms with van der Waals surface area (Å²) in [7, 11) is 1.69. The predicted octanol–water partition coefficient (Wildman–Crippen LogP) is 2.71. The fraction of sp³-hybridized carbons (Fsp3) is 0.615. The Kier molecular flexibility index (Phi) is 5.22. The second kappa shape index (κ2) is 6.45. The first kappa shape index (κ1) is 13.8. The van der Waals surface area contributed by atoms with E-state index in [1.807, 2.05) is 18.2 Å². The lowest BCUT2D eigenvalue weighted by Gasteiger charge is -2.21. The van der Waals surface area contributed by atoms with Gasteiger partial charge in [0.2, 0.25) is 5.88 Å². The van der Waals surface area contributed by atoms with E-state index in [1.54, 1.807) is 7.11 Å². The molecule has 4 heteroatoms. The average Bonchev–Trinajstić information content (AvgIpc) is 2.23. The highest BCUT2D eigenvalue weighted by Gasteiger charge is 2.10. The molecule has 1 aromatic rings. The van der Waals surface area contributed by atoms with Crippen molar-refractivity contribution in [3.05, 3.63) is 18.2 Å². The van der Waals surface area contributed by atoms with Crippen molar-refractivity contribution in [3.8, 4) is 5.88 Å². The SMILES string of the molecule is COCCCOc1cccc(NC(C)(C)C)n1. The summed E-state index contributed by atoms with van der Waals surface area (Å²) in [6.45, 7) is 7.63. The molecule has 0 fully saturated rings. The van der Waals surface area contributed by atoms with E-state index in [9.17, 15) is 0 Å². The van der Waals surface area contributed by atoms with E-state index in [-0.39, 0.29) is 5.54 Å². The van der Waals surface area contributed by atoms with Crippen molar-refractivity contribution in [1.29, 1.82) is 0 Å². The quantitative estimate of drug-likeness (QED) is 0.774. The fourth-order valence-electron chi connectivity index (χ4n) is 1.33. The largest absolute Gasteiger partial charge is 0.478 e. The van der Waals surface area contributed by atoms with Gasteiger partial charge in [0.25, 0.3) is 0 Å². The standard InChI is InChI=1S/C13H22N2O2/c1-13(2,3)15-11-7-5-8-12(14-11)17-10-6-9-16-4/h5,7-8H,6,9-10H2,1-4H3,(H,14,15). The van der Waals surface area contributed by atoms with Crippen LogP contribution in [-0.4, -0.2) is 30.8 Å². The summed E-state index contributed by atoms with van der Waals surface area (Å²) in [4.78, 5) is 4.38. The number of anilines is 1. The second-order valence-corrected chi connectivity index (χ2v) is 4.93. The van der Waals surface area contributed by atoms with Crippen LogP contribution in [0.15, 0.2) is 18.2 Å². The van der Waals surface area contributed by atoms with E-state index in [4.69, 9.17) is 9.47 Å². The molecule has 17 heavy (non-hydrogen) atoms. The molecule has 1 heterocycles. The van der Waals surface area contributed by atoms with Crippen LogP contribution >= 0.6 is 0 Å². The van der Waals surface area contributed by atoms with Gasteiger partial charge in [-0.25, -0.2) is 0 Å². The van der Waals surface area contributed by atoms with Crippen LogP contribution in [0, 0.1) is 0 Å². The molecule has 0 aliphatic carbocycles. The molecular formula is C13H22N2O2.